The van der Waals surface area contributed by atoms with Crippen LogP contribution in [0.2, 0.25) is 0 Å². The van der Waals surface area contributed by atoms with Gasteiger partial charge in [-0.3, -0.25) is 4.79 Å². The van der Waals surface area contributed by atoms with Crippen LogP contribution >= 0.6 is 0 Å². The highest BCUT2D eigenvalue weighted by molar-refractivity contribution is 5.88. The Bertz CT molecular complexity index is 1330. The summed E-state index contributed by atoms with van der Waals surface area (Å²) < 4.78 is 23.8. The lowest BCUT2D eigenvalue weighted by Gasteiger charge is -2.19. The number of nitrogens with zero attached hydrogens (tertiary/aromatic N) is 1. The third-order valence-electron chi connectivity index (χ3n) is 6.05. The molecular formula is C31H39NO6. The fraction of sp³-hybridized carbons (Fsp3) is 0.387. The molecule has 2 aromatic carbocycles. The number of allylic oxidation sites excluding steroid dienone is 2. The molecule has 0 fully saturated rings. The summed E-state index contributed by atoms with van der Waals surface area (Å²) in [6.45, 7) is 15.7. The molecule has 0 bridgehead atoms. The molecule has 0 aliphatic heterocycles. The molecule has 0 atom stereocenters. The molecule has 38 heavy (non-hydrogen) atoms. The quantitative estimate of drug-likeness (QED) is 0.255. The maximum absolute atomic E-state index is 13.6. The van der Waals surface area contributed by atoms with Gasteiger partial charge in [0, 0.05) is 24.2 Å². The summed E-state index contributed by atoms with van der Waals surface area (Å²) in [7, 11) is 0. The topological polar surface area (TPSA) is 81.4 Å². The molecule has 0 unspecified atom stereocenters. The van der Waals surface area contributed by atoms with Crippen LogP contribution in [0.1, 0.15) is 41.5 Å². The third-order valence-corrected chi connectivity index (χ3v) is 6.05. The van der Waals surface area contributed by atoms with Crippen LogP contribution in [0.4, 0.5) is 0 Å². The van der Waals surface area contributed by atoms with Crippen molar-refractivity contribution in [1.29, 1.82) is 0 Å². The Kier molecular flexibility index (Phi) is 10.4. The number of hydrogen-bond donors (Lipinski definition) is 1. The van der Waals surface area contributed by atoms with Gasteiger partial charge in [-0.1, -0.05) is 25.0 Å². The summed E-state index contributed by atoms with van der Waals surface area (Å²) in [5, 5.41) is 10.8. The lowest BCUT2D eigenvalue weighted by atomic mass is 10.1. The molecule has 204 valence electrons. The molecule has 3 rings (SSSR count). The van der Waals surface area contributed by atoms with Crippen molar-refractivity contribution < 1.29 is 23.7 Å². The highest BCUT2D eigenvalue weighted by atomic mass is 16.5. The van der Waals surface area contributed by atoms with E-state index in [4.69, 9.17) is 18.6 Å². The van der Waals surface area contributed by atoms with Crippen LogP contribution in [-0.4, -0.2) is 49.5 Å². The van der Waals surface area contributed by atoms with E-state index in [0.717, 1.165) is 18.7 Å². The summed E-state index contributed by atoms with van der Waals surface area (Å²) >= 11 is 0. The van der Waals surface area contributed by atoms with Crippen LogP contribution < -0.4 is 19.6 Å². The molecule has 3 aromatic rings. The summed E-state index contributed by atoms with van der Waals surface area (Å²) in [6, 6.07) is 10.4. The van der Waals surface area contributed by atoms with E-state index in [-0.39, 0.29) is 22.5 Å². The van der Waals surface area contributed by atoms with Crippen molar-refractivity contribution >= 4 is 11.0 Å². The monoisotopic (exact) mass is 521 g/mol. The van der Waals surface area contributed by atoms with Crippen molar-refractivity contribution in [2.45, 2.75) is 41.5 Å². The van der Waals surface area contributed by atoms with Crippen molar-refractivity contribution in [3.63, 3.8) is 0 Å². The summed E-state index contributed by atoms with van der Waals surface area (Å²) in [6.07, 6.45) is 3.93. The predicted octanol–water partition coefficient (Wildman–Crippen LogP) is 6.58. The zero-order chi connectivity index (χ0) is 27.7. The van der Waals surface area contributed by atoms with Crippen molar-refractivity contribution in [3.8, 4) is 34.3 Å². The Morgan fingerprint density at radius 2 is 1.50 bits per heavy atom. The molecule has 1 heterocycles. The summed E-state index contributed by atoms with van der Waals surface area (Å²) in [5.74, 6) is 1.24. The first-order valence-corrected chi connectivity index (χ1v) is 13.0. The third kappa shape index (κ3) is 7.65. The maximum atomic E-state index is 13.6. The molecule has 0 spiro atoms. The van der Waals surface area contributed by atoms with Gasteiger partial charge in [-0.05, 0) is 77.2 Å². The molecule has 0 saturated carbocycles. The van der Waals surface area contributed by atoms with E-state index in [2.05, 4.69) is 18.7 Å². The van der Waals surface area contributed by atoms with Crippen molar-refractivity contribution in [3.05, 3.63) is 69.9 Å². The first-order chi connectivity index (χ1) is 18.2. The van der Waals surface area contributed by atoms with Crippen LogP contribution in [0.15, 0.2) is 68.9 Å². The van der Waals surface area contributed by atoms with Crippen LogP contribution in [0.5, 0.6) is 23.0 Å². The molecule has 0 amide bonds. The van der Waals surface area contributed by atoms with E-state index in [9.17, 15) is 9.90 Å². The van der Waals surface area contributed by atoms with Gasteiger partial charge in [-0.25, -0.2) is 0 Å². The van der Waals surface area contributed by atoms with Crippen molar-refractivity contribution in [1.82, 2.24) is 4.90 Å². The molecule has 0 saturated heterocycles. The van der Waals surface area contributed by atoms with Gasteiger partial charge in [0.2, 0.25) is 11.2 Å². The highest BCUT2D eigenvalue weighted by Gasteiger charge is 2.21. The van der Waals surface area contributed by atoms with Crippen LogP contribution in [0, 0.1) is 0 Å². The number of ether oxygens (including phenoxy) is 3. The zero-order valence-electron chi connectivity index (χ0n) is 23.3. The van der Waals surface area contributed by atoms with Crippen LogP contribution in [0.25, 0.3) is 22.3 Å². The van der Waals surface area contributed by atoms with Gasteiger partial charge in [-0.15, -0.1) is 0 Å². The van der Waals surface area contributed by atoms with Gasteiger partial charge < -0.3 is 28.6 Å². The van der Waals surface area contributed by atoms with Gasteiger partial charge in [0.1, 0.15) is 48.0 Å². The number of benzene rings is 2. The Hall–Kier alpha value is -3.71. The Morgan fingerprint density at radius 1 is 0.895 bits per heavy atom. The predicted molar refractivity (Wildman–Crippen MR) is 153 cm³/mol. The minimum atomic E-state index is -0.432. The molecule has 0 radical (unpaired) electrons. The van der Waals surface area contributed by atoms with Gasteiger partial charge in [0.05, 0.1) is 0 Å². The molecule has 0 aliphatic rings. The van der Waals surface area contributed by atoms with E-state index in [1.807, 2.05) is 64.1 Å². The van der Waals surface area contributed by atoms with Gasteiger partial charge in [0.15, 0.2) is 5.76 Å². The smallest absolute Gasteiger partial charge is 0.239 e. The summed E-state index contributed by atoms with van der Waals surface area (Å²) in [4.78, 5) is 15.8. The summed E-state index contributed by atoms with van der Waals surface area (Å²) in [5.41, 5.74) is 2.74. The number of phenolic OH excluding ortho intramolecular Hbond substituents is 1. The number of likely N-dealkylation sites (N-methyl/N-ethyl adjacent to an activating group) is 1. The zero-order valence-corrected chi connectivity index (χ0v) is 23.3. The maximum Gasteiger partial charge on any atom is 0.239 e. The number of phenols is 1. The SMILES string of the molecule is CCN(CC)CCOc1c(-c2ccc(OCC=C(C)C)cc2)oc2cc(OCC=C(C)C)cc(O)c2c1=O. The normalized spacial score (nSPS) is 10.9. The molecular weight excluding hydrogens is 482 g/mol. The number of aromatic hydroxyl groups is 1. The van der Waals surface area contributed by atoms with E-state index >= 15 is 0 Å². The average Bonchev–Trinajstić information content (AvgIpc) is 2.87. The second-order valence-electron chi connectivity index (χ2n) is 9.49. The van der Waals surface area contributed by atoms with E-state index in [1.54, 1.807) is 6.07 Å². The lowest BCUT2D eigenvalue weighted by molar-refractivity contribution is 0.220. The molecule has 7 nitrogen and oxygen atoms in total. The average molecular weight is 522 g/mol. The van der Waals surface area contributed by atoms with Crippen LogP contribution in [-0.2, 0) is 0 Å². The lowest BCUT2D eigenvalue weighted by Crippen LogP contribution is -2.28. The molecule has 7 heteroatoms. The van der Waals surface area contributed by atoms with Gasteiger partial charge in [-0.2, -0.15) is 0 Å². The standard InChI is InChI=1S/C31H39NO6/c1-7-32(8-2)15-18-37-31-29(34)28-26(33)19-25(36-17-14-22(5)6)20-27(28)38-30(31)23-9-11-24(12-10-23)35-16-13-21(3)4/h9-14,19-20,33H,7-8,15-18H2,1-6H3. The molecule has 1 N–H and O–H groups in total. The molecule has 0 aliphatic carbocycles. The Labute approximate surface area is 224 Å². The fourth-order valence-corrected chi connectivity index (χ4v) is 3.79. The van der Waals surface area contributed by atoms with Crippen LogP contribution in [0.3, 0.4) is 0 Å². The Balaban J connectivity index is 2.03. The minimum Gasteiger partial charge on any atom is -0.507 e. The van der Waals surface area contributed by atoms with Crippen molar-refractivity contribution in [2.75, 3.05) is 39.5 Å². The Morgan fingerprint density at radius 3 is 2.08 bits per heavy atom. The van der Waals surface area contributed by atoms with E-state index in [1.165, 1.54) is 11.6 Å². The number of fused-ring (bicyclic) bond motifs is 1. The highest BCUT2D eigenvalue weighted by Crippen LogP contribution is 2.36. The van der Waals surface area contributed by atoms with Gasteiger partial charge in [0.25, 0.3) is 0 Å². The first kappa shape index (κ1) is 28.9. The number of hydrogen-bond acceptors (Lipinski definition) is 7. The largest absolute Gasteiger partial charge is 0.507 e. The fourth-order valence-electron chi connectivity index (χ4n) is 3.79. The molecule has 1 aromatic heterocycles. The van der Waals surface area contributed by atoms with Crippen molar-refractivity contribution in [2.24, 2.45) is 0 Å². The second-order valence-corrected chi connectivity index (χ2v) is 9.49. The van der Waals surface area contributed by atoms with E-state index < -0.39 is 5.43 Å². The van der Waals surface area contributed by atoms with Gasteiger partial charge >= 0.3 is 0 Å². The second kappa shape index (κ2) is 13.7. The van der Waals surface area contributed by atoms with E-state index in [0.29, 0.717) is 49.2 Å². The first-order valence-electron chi connectivity index (χ1n) is 13.0. The minimum absolute atomic E-state index is 0.0582. The number of rotatable bonds is 13.